The highest BCUT2D eigenvalue weighted by atomic mass is 35.5. The second-order valence-electron chi connectivity index (χ2n) is 3.70. The van der Waals surface area contributed by atoms with Crippen LogP contribution in [0.1, 0.15) is 29.4 Å². The summed E-state index contributed by atoms with van der Waals surface area (Å²) in [6.45, 7) is 1.43. The number of carbonyl (C=O) groups excluding carboxylic acids is 1. The highest BCUT2D eigenvalue weighted by molar-refractivity contribution is 7.18. The summed E-state index contributed by atoms with van der Waals surface area (Å²) in [5, 5.41) is 0. The van der Waals surface area contributed by atoms with E-state index in [2.05, 4.69) is 0 Å². The molecule has 0 aliphatic rings. The largest absolute Gasteiger partial charge is 0.389 e. The fourth-order valence-corrected chi connectivity index (χ4v) is 2.32. The quantitative estimate of drug-likeness (QED) is 0.577. The minimum absolute atomic E-state index is 0.0917. The Labute approximate surface area is 112 Å². The summed E-state index contributed by atoms with van der Waals surface area (Å²) in [5.41, 5.74) is 0. The molecule has 0 bridgehead atoms. The van der Waals surface area contributed by atoms with Gasteiger partial charge in [-0.1, -0.05) is 11.6 Å². The second kappa shape index (κ2) is 6.54. The average Bonchev–Trinajstić information content (AvgIpc) is 2.68. The van der Waals surface area contributed by atoms with Gasteiger partial charge < -0.3 is 4.74 Å². The molecule has 102 valence electrons. The van der Waals surface area contributed by atoms with E-state index in [4.69, 9.17) is 16.3 Å². The van der Waals surface area contributed by atoms with Crippen molar-refractivity contribution in [2.75, 3.05) is 6.61 Å². The summed E-state index contributed by atoms with van der Waals surface area (Å²) in [5.74, 6) is -0.265. The van der Waals surface area contributed by atoms with Crippen molar-refractivity contribution in [3.63, 3.8) is 0 Å². The Bertz CT molecular complexity index is 403. The Balaban J connectivity index is 2.33. The molecule has 1 aromatic heterocycles. The molecule has 0 saturated carbocycles. The van der Waals surface area contributed by atoms with Crippen LogP contribution in [0.4, 0.5) is 13.2 Å². The van der Waals surface area contributed by atoms with Crippen LogP contribution >= 0.6 is 22.9 Å². The van der Waals surface area contributed by atoms with Crippen molar-refractivity contribution in [2.24, 2.45) is 0 Å². The van der Waals surface area contributed by atoms with Crippen LogP contribution < -0.4 is 0 Å². The van der Waals surface area contributed by atoms with E-state index >= 15 is 0 Å². The van der Waals surface area contributed by atoms with Gasteiger partial charge in [-0.05, 0) is 25.5 Å². The van der Waals surface area contributed by atoms with Gasteiger partial charge in [-0.25, -0.2) is 0 Å². The highest BCUT2D eigenvalue weighted by Crippen LogP contribution is 2.24. The first kappa shape index (κ1) is 15.5. The fraction of sp³-hybridized carbons (Fsp3) is 0.545. The monoisotopic (exact) mass is 300 g/mol. The summed E-state index contributed by atoms with van der Waals surface area (Å²) in [4.78, 5) is 12.2. The van der Waals surface area contributed by atoms with Gasteiger partial charge in [-0.15, -0.1) is 11.3 Å². The van der Waals surface area contributed by atoms with E-state index in [0.29, 0.717) is 9.21 Å². The molecule has 1 rings (SSSR count). The molecular weight excluding hydrogens is 289 g/mol. The topological polar surface area (TPSA) is 26.3 Å². The second-order valence-corrected chi connectivity index (χ2v) is 5.41. The molecule has 0 spiro atoms. The minimum atomic E-state index is -4.18. The number of carbonyl (C=O) groups is 1. The summed E-state index contributed by atoms with van der Waals surface area (Å²) >= 11 is 6.81. The zero-order valence-electron chi connectivity index (χ0n) is 9.59. The van der Waals surface area contributed by atoms with E-state index in [9.17, 15) is 18.0 Å². The third kappa shape index (κ3) is 5.37. The number of ketones is 1. The van der Waals surface area contributed by atoms with Crippen molar-refractivity contribution in [3.05, 3.63) is 21.3 Å². The smallest absolute Gasteiger partial charge is 0.370 e. The first-order valence-electron chi connectivity index (χ1n) is 5.27. The molecule has 1 heterocycles. The predicted octanol–water partition coefficient (Wildman–Crippen LogP) is 4.33. The minimum Gasteiger partial charge on any atom is -0.370 e. The first-order valence-corrected chi connectivity index (χ1v) is 6.47. The maximum atomic E-state index is 11.9. The Morgan fingerprint density at radius 3 is 2.67 bits per heavy atom. The number of Topliss-reactive ketones (excluding diaryl/α,β-unsaturated/α-hetero) is 1. The van der Waals surface area contributed by atoms with Gasteiger partial charge >= 0.3 is 6.18 Å². The lowest BCUT2D eigenvalue weighted by Gasteiger charge is -2.11. The molecule has 1 aromatic rings. The number of halogens is 4. The molecule has 0 saturated heterocycles. The van der Waals surface area contributed by atoms with Gasteiger partial charge in [0.2, 0.25) is 5.78 Å². The van der Waals surface area contributed by atoms with Crippen molar-refractivity contribution in [3.8, 4) is 0 Å². The maximum Gasteiger partial charge on any atom is 0.389 e. The normalized spacial score (nSPS) is 13.6. The van der Waals surface area contributed by atoms with Crippen LogP contribution in [0.15, 0.2) is 12.1 Å². The third-order valence-electron chi connectivity index (χ3n) is 2.16. The zero-order chi connectivity index (χ0) is 13.8. The molecule has 2 nitrogen and oxygen atoms in total. The average molecular weight is 301 g/mol. The van der Waals surface area contributed by atoms with E-state index in [-0.39, 0.29) is 18.8 Å². The highest BCUT2D eigenvalue weighted by Gasteiger charge is 2.26. The molecule has 0 aliphatic heterocycles. The summed E-state index contributed by atoms with van der Waals surface area (Å²) in [6.07, 6.45) is -5.99. The Hall–Kier alpha value is -0.590. The summed E-state index contributed by atoms with van der Waals surface area (Å²) < 4.78 is 41.2. The molecule has 0 amide bonds. The molecular formula is C11H12ClF3O2S. The van der Waals surface area contributed by atoms with Crippen molar-refractivity contribution in [1.82, 2.24) is 0 Å². The van der Waals surface area contributed by atoms with E-state index < -0.39 is 18.7 Å². The van der Waals surface area contributed by atoms with Crippen LogP contribution in [0.3, 0.4) is 0 Å². The van der Waals surface area contributed by atoms with Gasteiger partial charge in [-0.2, -0.15) is 13.2 Å². The van der Waals surface area contributed by atoms with Gasteiger partial charge in [0.05, 0.1) is 9.21 Å². The molecule has 0 aliphatic carbocycles. The van der Waals surface area contributed by atoms with E-state index in [0.717, 1.165) is 11.3 Å². The molecule has 0 N–H and O–H groups in total. The number of ether oxygens (including phenoxy) is 1. The van der Waals surface area contributed by atoms with E-state index in [1.807, 2.05) is 0 Å². The maximum absolute atomic E-state index is 11.9. The molecule has 18 heavy (non-hydrogen) atoms. The number of hydrogen-bond acceptors (Lipinski definition) is 3. The van der Waals surface area contributed by atoms with Gasteiger partial charge in [0.15, 0.2) is 0 Å². The van der Waals surface area contributed by atoms with Crippen molar-refractivity contribution >= 4 is 28.7 Å². The van der Waals surface area contributed by atoms with Crippen LogP contribution in [-0.2, 0) is 4.74 Å². The lowest BCUT2D eigenvalue weighted by Crippen LogP contribution is -2.21. The van der Waals surface area contributed by atoms with Crippen LogP contribution in [0, 0.1) is 0 Å². The lowest BCUT2D eigenvalue weighted by atomic mass is 10.2. The molecule has 1 atom stereocenters. The van der Waals surface area contributed by atoms with E-state index in [1.54, 1.807) is 12.1 Å². The van der Waals surface area contributed by atoms with Crippen LogP contribution in [0.2, 0.25) is 4.34 Å². The van der Waals surface area contributed by atoms with Gasteiger partial charge in [0.25, 0.3) is 0 Å². The molecule has 0 radical (unpaired) electrons. The van der Waals surface area contributed by atoms with Gasteiger partial charge in [-0.3, -0.25) is 4.79 Å². The molecule has 0 aromatic carbocycles. The standard InChI is InChI=1S/C11H12ClF3O2S/c1-7(17-6-2-5-11(13,14)15)10(16)8-3-4-9(12)18-8/h3-4,7H,2,5-6H2,1H3. The van der Waals surface area contributed by atoms with Crippen molar-refractivity contribution in [2.45, 2.75) is 32.0 Å². The first-order chi connectivity index (χ1) is 8.29. The number of thiophene rings is 1. The van der Waals surface area contributed by atoms with Crippen LogP contribution in [0.25, 0.3) is 0 Å². The Morgan fingerprint density at radius 1 is 1.50 bits per heavy atom. The fourth-order valence-electron chi connectivity index (χ4n) is 1.26. The number of hydrogen-bond donors (Lipinski definition) is 0. The summed E-state index contributed by atoms with van der Waals surface area (Å²) in [6, 6.07) is 3.17. The Morgan fingerprint density at radius 2 is 2.17 bits per heavy atom. The van der Waals surface area contributed by atoms with Gasteiger partial charge in [0, 0.05) is 13.0 Å². The Kier molecular flexibility index (Phi) is 5.62. The molecule has 1 unspecified atom stereocenters. The lowest BCUT2D eigenvalue weighted by molar-refractivity contribution is -0.138. The van der Waals surface area contributed by atoms with Crippen molar-refractivity contribution < 1.29 is 22.7 Å². The van der Waals surface area contributed by atoms with Crippen LogP contribution in [-0.4, -0.2) is 24.7 Å². The number of alkyl halides is 3. The molecule has 0 fully saturated rings. The van der Waals surface area contributed by atoms with Crippen LogP contribution in [0.5, 0.6) is 0 Å². The van der Waals surface area contributed by atoms with Gasteiger partial charge in [0.1, 0.15) is 6.10 Å². The molecule has 7 heteroatoms. The van der Waals surface area contributed by atoms with E-state index in [1.165, 1.54) is 6.92 Å². The van der Waals surface area contributed by atoms with Crippen molar-refractivity contribution in [1.29, 1.82) is 0 Å². The zero-order valence-corrected chi connectivity index (χ0v) is 11.2. The number of rotatable bonds is 6. The summed E-state index contributed by atoms with van der Waals surface area (Å²) in [7, 11) is 0. The third-order valence-corrected chi connectivity index (χ3v) is 3.40. The SMILES string of the molecule is CC(OCCCC(F)(F)F)C(=O)c1ccc(Cl)s1. The predicted molar refractivity (Wildman–Crippen MR) is 64.4 cm³/mol.